The van der Waals surface area contributed by atoms with Crippen LogP contribution in [-0.2, 0) is 24.0 Å². The minimum absolute atomic E-state index is 0.0834. The molecule has 0 aliphatic carbocycles. The second-order valence-electron chi connectivity index (χ2n) is 7.78. The van der Waals surface area contributed by atoms with E-state index in [1.807, 2.05) is 11.5 Å². The molecule has 0 radical (unpaired) electrons. The van der Waals surface area contributed by atoms with E-state index in [9.17, 15) is 31.9 Å². The van der Waals surface area contributed by atoms with Crippen molar-refractivity contribution in [2.75, 3.05) is 6.61 Å². The first-order valence-electron chi connectivity index (χ1n) is 10.9. The van der Waals surface area contributed by atoms with E-state index >= 15 is 0 Å². The average molecular weight is 504 g/mol. The maximum Gasteiger partial charge on any atom is 0.419 e. The monoisotopic (exact) mass is 504 g/mol. The van der Waals surface area contributed by atoms with Crippen LogP contribution in [-0.4, -0.2) is 31.3 Å². The lowest BCUT2D eigenvalue weighted by Gasteiger charge is -2.16. The van der Waals surface area contributed by atoms with Gasteiger partial charge in [0.2, 0.25) is 0 Å². The molecule has 4 aromatic rings. The molecule has 0 saturated carbocycles. The lowest BCUT2D eigenvalue weighted by atomic mass is 10.1. The molecule has 8 nitrogen and oxygen atoms in total. The van der Waals surface area contributed by atoms with Crippen molar-refractivity contribution < 1.29 is 27.1 Å². The predicted octanol–water partition coefficient (Wildman–Crippen LogP) is 3.75. The third-order valence-corrected chi connectivity index (χ3v) is 5.60. The number of halogens is 4. The molecule has 0 aliphatic heterocycles. The summed E-state index contributed by atoms with van der Waals surface area (Å²) in [7, 11) is 0. The van der Waals surface area contributed by atoms with Crippen LogP contribution in [0.4, 0.5) is 17.6 Å². The molecule has 0 N–H and O–H groups in total. The molecule has 0 bridgehead atoms. The van der Waals surface area contributed by atoms with Gasteiger partial charge in [-0.15, -0.1) is 0 Å². The number of hydrogen-bond donors (Lipinski definition) is 0. The van der Waals surface area contributed by atoms with Crippen molar-refractivity contribution in [3.63, 3.8) is 0 Å². The summed E-state index contributed by atoms with van der Waals surface area (Å²) >= 11 is 0. The Morgan fingerprint density at radius 3 is 2.53 bits per heavy atom. The molecule has 188 valence electrons. The van der Waals surface area contributed by atoms with E-state index in [1.165, 1.54) is 13.0 Å². The van der Waals surface area contributed by atoms with E-state index in [4.69, 9.17) is 4.74 Å². The number of hydrogen-bond acceptors (Lipinski definition) is 5. The first-order valence-corrected chi connectivity index (χ1v) is 10.9. The molecule has 0 amide bonds. The van der Waals surface area contributed by atoms with Crippen molar-refractivity contribution in [2.45, 2.75) is 33.1 Å². The summed E-state index contributed by atoms with van der Waals surface area (Å²) in [6.45, 7) is 3.06. The molecule has 0 fully saturated rings. The minimum atomic E-state index is -5.08. The van der Waals surface area contributed by atoms with Crippen LogP contribution in [0.15, 0.2) is 58.5 Å². The summed E-state index contributed by atoms with van der Waals surface area (Å²) in [5.41, 5.74) is -3.52. The van der Waals surface area contributed by atoms with Gasteiger partial charge in [0.25, 0.3) is 5.56 Å². The molecular formula is C24H20F4N4O4. The van der Waals surface area contributed by atoms with Crippen LogP contribution in [0, 0.1) is 5.82 Å². The van der Waals surface area contributed by atoms with Crippen molar-refractivity contribution in [1.29, 1.82) is 0 Å². The van der Waals surface area contributed by atoms with E-state index in [2.05, 4.69) is 4.98 Å². The second kappa shape index (κ2) is 9.44. The molecule has 4 rings (SSSR count). The molecule has 0 atom stereocenters. The lowest BCUT2D eigenvalue weighted by molar-refractivity contribution is -0.140. The van der Waals surface area contributed by atoms with Crippen molar-refractivity contribution in [3.8, 4) is 5.69 Å². The first-order chi connectivity index (χ1) is 17.1. The number of carbonyl (C=O) groups is 1. The van der Waals surface area contributed by atoms with Gasteiger partial charge in [-0.05, 0) is 43.7 Å². The van der Waals surface area contributed by atoms with Gasteiger partial charge in [0.05, 0.1) is 41.8 Å². The van der Waals surface area contributed by atoms with E-state index in [1.54, 1.807) is 18.5 Å². The number of carbonyl (C=O) groups excluding carboxylic acids is 1. The Morgan fingerprint density at radius 1 is 1.11 bits per heavy atom. The molecule has 2 aromatic heterocycles. The van der Waals surface area contributed by atoms with Gasteiger partial charge in [-0.3, -0.25) is 13.9 Å². The fourth-order valence-corrected chi connectivity index (χ4v) is 3.92. The maximum absolute atomic E-state index is 14.1. The number of fused-ring (bicyclic) bond motifs is 1. The van der Waals surface area contributed by atoms with Gasteiger partial charge in [-0.1, -0.05) is 12.1 Å². The highest BCUT2D eigenvalue weighted by molar-refractivity contribution is 5.88. The fourth-order valence-electron chi connectivity index (χ4n) is 3.92. The quantitative estimate of drug-likeness (QED) is 0.295. The van der Waals surface area contributed by atoms with Crippen LogP contribution < -0.4 is 11.2 Å². The average Bonchev–Trinajstić information content (AvgIpc) is 3.23. The van der Waals surface area contributed by atoms with E-state index in [0.717, 1.165) is 28.4 Å². The van der Waals surface area contributed by atoms with Gasteiger partial charge in [0, 0.05) is 12.7 Å². The van der Waals surface area contributed by atoms with E-state index in [-0.39, 0.29) is 12.3 Å². The SMILES string of the molecule is CCOC(=O)c1cn(-c2ccc3c(c2)ncn3CC)c(=O)n(Cc2cccc(F)c2C(F)(F)F)c1=O. The molecule has 36 heavy (non-hydrogen) atoms. The molecule has 0 aliphatic rings. The van der Waals surface area contributed by atoms with Crippen molar-refractivity contribution >= 4 is 17.0 Å². The third kappa shape index (κ3) is 4.41. The smallest absolute Gasteiger partial charge is 0.419 e. The summed E-state index contributed by atoms with van der Waals surface area (Å²) in [4.78, 5) is 43.2. The summed E-state index contributed by atoms with van der Waals surface area (Å²) in [5, 5.41) is 0. The maximum atomic E-state index is 14.1. The number of nitrogens with zero attached hydrogens (tertiary/aromatic N) is 4. The fraction of sp³-hybridized carbons (Fsp3) is 0.250. The molecule has 2 heterocycles. The zero-order valence-corrected chi connectivity index (χ0v) is 19.2. The van der Waals surface area contributed by atoms with Gasteiger partial charge in [-0.2, -0.15) is 13.2 Å². The second-order valence-corrected chi connectivity index (χ2v) is 7.78. The number of alkyl halides is 3. The largest absolute Gasteiger partial charge is 0.462 e. The zero-order chi connectivity index (χ0) is 26.2. The van der Waals surface area contributed by atoms with Gasteiger partial charge in [0.1, 0.15) is 11.4 Å². The van der Waals surface area contributed by atoms with Crippen LogP contribution in [0.2, 0.25) is 0 Å². The predicted molar refractivity (Wildman–Crippen MR) is 122 cm³/mol. The van der Waals surface area contributed by atoms with Crippen molar-refractivity contribution in [1.82, 2.24) is 18.7 Å². The number of aryl methyl sites for hydroxylation is 1. The van der Waals surface area contributed by atoms with Gasteiger partial charge in [0.15, 0.2) is 0 Å². The Bertz CT molecular complexity index is 1580. The summed E-state index contributed by atoms with van der Waals surface area (Å²) in [6.07, 6.45) is -2.50. The van der Waals surface area contributed by atoms with Crippen molar-refractivity contribution in [2.24, 2.45) is 0 Å². The molecule has 12 heteroatoms. The van der Waals surface area contributed by atoms with E-state index in [0.29, 0.717) is 22.7 Å². The molecular weight excluding hydrogens is 484 g/mol. The van der Waals surface area contributed by atoms with Crippen LogP contribution >= 0.6 is 0 Å². The standard InChI is InChI=1S/C24H20F4N4O4/c1-3-30-13-29-18-10-15(8-9-19(18)30)31-12-16(22(34)36-4-2)21(33)32(23(31)35)11-14-6-5-7-17(25)20(14)24(26,27)28/h5-10,12-13H,3-4,11H2,1-2H3. The Balaban J connectivity index is 1.95. The molecule has 0 unspecified atom stereocenters. The number of imidazole rings is 1. The summed E-state index contributed by atoms with van der Waals surface area (Å²) in [5.74, 6) is -2.61. The Labute approximate surface area is 201 Å². The van der Waals surface area contributed by atoms with Gasteiger partial charge in [-0.25, -0.2) is 19.0 Å². The third-order valence-electron chi connectivity index (χ3n) is 5.60. The van der Waals surface area contributed by atoms with Gasteiger partial charge >= 0.3 is 17.8 Å². The van der Waals surface area contributed by atoms with Crippen LogP contribution in [0.3, 0.4) is 0 Å². The number of esters is 1. The number of benzene rings is 2. The lowest BCUT2D eigenvalue weighted by Crippen LogP contribution is -2.42. The highest BCUT2D eigenvalue weighted by atomic mass is 19.4. The molecule has 0 spiro atoms. The topological polar surface area (TPSA) is 88.1 Å². The Morgan fingerprint density at radius 2 is 1.86 bits per heavy atom. The number of ether oxygens (including phenoxy) is 1. The summed E-state index contributed by atoms with van der Waals surface area (Å²) in [6, 6.07) is 7.40. The van der Waals surface area contributed by atoms with Crippen LogP contribution in [0.1, 0.15) is 35.3 Å². The minimum Gasteiger partial charge on any atom is -0.462 e. The van der Waals surface area contributed by atoms with Crippen LogP contribution in [0.25, 0.3) is 16.7 Å². The van der Waals surface area contributed by atoms with Crippen LogP contribution in [0.5, 0.6) is 0 Å². The zero-order valence-electron chi connectivity index (χ0n) is 19.2. The highest BCUT2D eigenvalue weighted by Gasteiger charge is 2.37. The number of rotatable bonds is 6. The first kappa shape index (κ1) is 24.9. The Kier molecular flexibility index (Phi) is 6.53. The van der Waals surface area contributed by atoms with Crippen molar-refractivity contribution in [3.05, 3.63) is 92.3 Å². The van der Waals surface area contributed by atoms with Gasteiger partial charge < -0.3 is 9.30 Å². The number of aromatic nitrogens is 4. The molecule has 2 aromatic carbocycles. The Hall–Kier alpha value is -4.22. The highest BCUT2D eigenvalue weighted by Crippen LogP contribution is 2.34. The van der Waals surface area contributed by atoms with E-state index < -0.39 is 52.4 Å². The molecule has 0 saturated heterocycles. The summed E-state index contributed by atoms with van der Waals surface area (Å²) < 4.78 is 62.9. The normalized spacial score (nSPS) is 11.7.